The number of ether oxygens (including phenoxy) is 1. The van der Waals surface area contributed by atoms with Crippen molar-refractivity contribution in [3.05, 3.63) is 0 Å². The summed E-state index contributed by atoms with van der Waals surface area (Å²) in [6, 6.07) is 0.694. The molecule has 0 aromatic heterocycles. The number of hydrogen-bond acceptors (Lipinski definition) is 2. The highest BCUT2D eigenvalue weighted by Gasteiger charge is 2.38. The molecule has 1 aliphatic rings. The molecule has 0 aliphatic heterocycles. The van der Waals surface area contributed by atoms with Gasteiger partial charge in [0.1, 0.15) is 0 Å². The first-order valence-electron chi connectivity index (χ1n) is 2.95. The van der Waals surface area contributed by atoms with E-state index in [2.05, 4.69) is 19.0 Å². The Hall–Kier alpha value is -0.0800. The smallest absolute Gasteiger partial charge is 0.0743 e. The zero-order valence-electron chi connectivity index (χ0n) is 5.72. The van der Waals surface area contributed by atoms with E-state index in [1.807, 2.05) is 0 Å². The monoisotopic (exact) mass is 115 g/mol. The average molecular weight is 115 g/mol. The van der Waals surface area contributed by atoms with E-state index in [1.54, 1.807) is 7.11 Å². The molecule has 2 nitrogen and oxygen atoms in total. The van der Waals surface area contributed by atoms with E-state index in [0.717, 1.165) is 0 Å². The minimum Gasteiger partial charge on any atom is -0.380 e. The SMILES string of the molecule is COC1CC1N(C)C. The summed E-state index contributed by atoms with van der Waals surface area (Å²) in [4.78, 5) is 2.20. The summed E-state index contributed by atoms with van der Waals surface area (Å²) >= 11 is 0. The lowest BCUT2D eigenvalue weighted by Gasteiger charge is -2.06. The fraction of sp³-hybridized carbons (Fsp3) is 1.00. The molecule has 0 bridgehead atoms. The molecule has 2 unspecified atom stereocenters. The van der Waals surface area contributed by atoms with Gasteiger partial charge in [-0.3, -0.25) is 0 Å². The summed E-state index contributed by atoms with van der Waals surface area (Å²) in [5, 5.41) is 0. The fourth-order valence-electron chi connectivity index (χ4n) is 0.956. The van der Waals surface area contributed by atoms with E-state index < -0.39 is 0 Å². The van der Waals surface area contributed by atoms with Crippen LogP contribution in [-0.4, -0.2) is 38.3 Å². The van der Waals surface area contributed by atoms with E-state index in [1.165, 1.54) is 6.42 Å². The minimum atomic E-state index is 0.519. The predicted molar refractivity (Wildman–Crippen MR) is 32.9 cm³/mol. The maximum atomic E-state index is 5.09. The zero-order chi connectivity index (χ0) is 6.15. The molecule has 2 atom stereocenters. The van der Waals surface area contributed by atoms with Crippen LogP contribution in [0.4, 0.5) is 0 Å². The van der Waals surface area contributed by atoms with Gasteiger partial charge in [0.2, 0.25) is 0 Å². The molecule has 0 N–H and O–H groups in total. The van der Waals surface area contributed by atoms with Crippen LogP contribution in [0.1, 0.15) is 6.42 Å². The van der Waals surface area contributed by atoms with Crippen molar-refractivity contribution < 1.29 is 4.74 Å². The molecule has 1 aliphatic carbocycles. The van der Waals surface area contributed by atoms with Gasteiger partial charge in [-0.2, -0.15) is 0 Å². The van der Waals surface area contributed by atoms with Gasteiger partial charge in [0, 0.05) is 13.2 Å². The van der Waals surface area contributed by atoms with E-state index in [4.69, 9.17) is 4.74 Å². The summed E-state index contributed by atoms with van der Waals surface area (Å²) in [5.74, 6) is 0. The van der Waals surface area contributed by atoms with Crippen LogP contribution >= 0.6 is 0 Å². The molecule has 0 radical (unpaired) electrons. The van der Waals surface area contributed by atoms with Gasteiger partial charge in [0.15, 0.2) is 0 Å². The van der Waals surface area contributed by atoms with Crippen LogP contribution in [0.2, 0.25) is 0 Å². The number of methoxy groups -OCH3 is 1. The third-order valence-corrected chi connectivity index (χ3v) is 1.67. The molecule has 0 saturated heterocycles. The molecular weight excluding hydrogens is 102 g/mol. The first kappa shape index (κ1) is 6.05. The molecule has 0 aromatic rings. The van der Waals surface area contributed by atoms with Gasteiger partial charge in [-0.15, -0.1) is 0 Å². The standard InChI is InChI=1S/C6H13NO/c1-7(2)5-4-6(5)8-3/h5-6H,4H2,1-3H3. The summed E-state index contributed by atoms with van der Waals surface area (Å²) < 4.78 is 5.09. The minimum absolute atomic E-state index is 0.519. The number of hydrogen-bond donors (Lipinski definition) is 0. The molecule has 2 heteroatoms. The van der Waals surface area contributed by atoms with Gasteiger partial charge in [0.05, 0.1) is 6.10 Å². The summed E-state index contributed by atoms with van der Waals surface area (Å²) in [6.07, 6.45) is 1.73. The Morgan fingerprint density at radius 3 is 2.25 bits per heavy atom. The maximum absolute atomic E-state index is 5.09. The Morgan fingerprint density at radius 1 is 1.50 bits per heavy atom. The topological polar surface area (TPSA) is 12.5 Å². The molecule has 8 heavy (non-hydrogen) atoms. The lowest BCUT2D eigenvalue weighted by molar-refractivity contribution is 0.156. The van der Waals surface area contributed by atoms with Crippen LogP contribution in [0.5, 0.6) is 0 Å². The van der Waals surface area contributed by atoms with E-state index in [0.29, 0.717) is 12.1 Å². The van der Waals surface area contributed by atoms with Crippen LogP contribution in [-0.2, 0) is 4.74 Å². The average Bonchev–Trinajstić information content (AvgIpc) is 2.42. The van der Waals surface area contributed by atoms with Gasteiger partial charge in [0.25, 0.3) is 0 Å². The molecule has 0 aromatic carbocycles. The van der Waals surface area contributed by atoms with Gasteiger partial charge < -0.3 is 9.64 Å². The van der Waals surface area contributed by atoms with Crippen molar-refractivity contribution in [3.8, 4) is 0 Å². The van der Waals surface area contributed by atoms with Crippen molar-refractivity contribution in [3.63, 3.8) is 0 Å². The molecule has 1 rings (SSSR count). The summed E-state index contributed by atoms with van der Waals surface area (Å²) in [6.45, 7) is 0. The highest BCUT2D eigenvalue weighted by Crippen LogP contribution is 2.28. The molecule has 0 spiro atoms. The Kier molecular flexibility index (Phi) is 1.54. The fourth-order valence-corrected chi connectivity index (χ4v) is 0.956. The van der Waals surface area contributed by atoms with E-state index in [-0.39, 0.29) is 0 Å². The van der Waals surface area contributed by atoms with Crippen LogP contribution < -0.4 is 0 Å². The van der Waals surface area contributed by atoms with Crippen LogP contribution in [0.15, 0.2) is 0 Å². The second-order valence-electron chi connectivity index (χ2n) is 2.54. The molecule has 1 saturated carbocycles. The number of rotatable bonds is 2. The number of nitrogens with zero attached hydrogens (tertiary/aromatic N) is 1. The van der Waals surface area contributed by atoms with Gasteiger partial charge in [-0.1, -0.05) is 0 Å². The number of likely N-dealkylation sites (N-methyl/N-ethyl adjacent to an activating group) is 1. The quantitative estimate of drug-likeness (QED) is 0.514. The second kappa shape index (κ2) is 2.03. The molecule has 0 amide bonds. The van der Waals surface area contributed by atoms with Crippen molar-refractivity contribution in [2.75, 3.05) is 21.2 Å². The molecular formula is C6H13NO. The van der Waals surface area contributed by atoms with Crippen molar-refractivity contribution in [1.82, 2.24) is 4.90 Å². The predicted octanol–water partition coefficient (Wildman–Crippen LogP) is 0.335. The van der Waals surface area contributed by atoms with Gasteiger partial charge in [-0.25, -0.2) is 0 Å². The second-order valence-corrected chi connectivity index (χ2v) is 2.54. The van der Waals surface area contributed by atoms with Gasteiger partial charge >= 0.3 is 0 Å². The van der Waals surface area contributed by atoms with Crippen LogP contribution in [0.3, 0.4) is 0 Å². The third kappa shape index (κ3) is 1.01. The highest BCUT2D eigenvalue weighted by molar-refractivity contribution is 4.94. The Morgan fingerprint density at radius 2 is 2.12 bits per heavy atom. The van der Waals surface area contributed by atoms with E-state index >= 15 is 0 Å². The molecule has 48 valence electrons. The molecule has 1 fully saturated rings. The lowest BCUT2D eigenvalue weighted by atomic mass is 10.6. The Labute approximate surface area is 50.4 Å². The van der Waals surface area contributed by atoms with Crippen molar-refractivity contribution in [2.24, 2.45) is 0 Å². The van der Waals surface area contributed by atoms with Crippen molar-refractivity contribution in [1.29, 1.82) is 0 Å². The van der Waals surface area contributed by atoms with Gasteiger partial charge in [-0.05, 0) is 20.5 Å². The first-order chi connectivity index (χ1) is 3.75. The van der Waals surface area contributed by atoms with E-state index in [9.17, 15) is 0 Å². The van der Waals surface area contributed by atoms with Crippen molar-refractivity contribution in [2.45, 2.75) is 18.6 Å². The Bertz CT molecular complexity index is 82.6. The van der Waals surface area contributed by atoms with Crippen LogP contribution in [0.25, 0.3) is 0 Å². The largest absolute Gasteiger partial charge is 0.380 e. The lowest BCUT2D eigenvalue weighted by Crippen LogP contribution is -2.17. The van der Waals surface area contributed by atoms with Crippen LogP contribution in [0, 0.1) is 0 Å². The Balaban J connectivity index is 2.16. The summed E-state index contributed by atoms with van der Waals surface area (Å²) in [7, 11) is 5.95. The first-order valence-corrected chi connectivity index (χ1v) is 2.95. The highest BCUT2D eigenvalue weighted by atomic mass is 16.5. The normalized spacial score (nSPS) is 36.0. The molecule has 0 heterocycles. The summed E-state index contributed by atoms with van der Waals surface area (Å²) in [5.41, 5.74) is 0. The maximum Gasteiger partial charge on any atom is 0.0743 e. The van der Waals surface area contributed by atoms with Crippen molar-refractivity contribution >= 4 is 0 Å². The third-order valence-electron chi connectivity index (χ3n) is 1.67. The zero-order valence-corrected chi connectivity index (χ0v) is 5.72.